The Hall–Kier alpha value is -1.96. The zero-order chi connectivity index (χ0) is 19.2. The van der Waals surface area contributed by atoms with Crippen LogP contribution in [0.3, 0.4) is 0 Å². The molecule has 27 heavy (non-hydrogen) atoms. The molecule has 0 amide bonds. The first-order valence-corrected chi connectivity index (χ1v) is 9.73. The molecule has 2 N–H and O–H groups in total. The van der Waals surface area contributed by atoms with Gasteiger partial charge in [0.05, 0.1) is 19.3 Å². The number of thiocarbonyl (C=S) groups is 1. The van der Waals surface area contributed by atoms with Crippen molar-refractivity contribution in [3.8, 4) is 0 Å². The number of hydrogen-bond donors (Lipinski definition) is 2. The Morgan fingerprint density at radius 3 is 3.04 bits per heavy atom. The van der Waals surface area contributed by atoms with Gasteiger partial charge in [0, 0.05) is 37.9 Å². The molecule has 0 radical (unpaired) electrons. The number of benzene rings is 1. The fourth-order valence-electron chi connectivity index (χ4n) is 3.31. The number of aromatic nitrogens is 1. The molecule has 2 aromatic rings. The van der Waals surface area contributed by atoms with Crippen molar-refractivity contribution in [3.63, 3.8) is 0 Å². The van der Waals surface area contributed by atoms with Gasteiger partial charge in [-0.1, -0.05) is 12.1 Å². The molecule has 6 nitrogen and oxygen atoms in total. The Balaban J connectivity index is 1.80. The molecule has 1 aromatic heterocycles. The predicted octanol–water partition coefficient (Wildman–Crippen LogP) is 2.34. The summed E-state index contributed by atoms with van der Waals surface area (Å²) in [7, 11) is 1.66. The molecule has 146 valence electrons. The van der Waals surface area contributed by atoms with E-state index in [9.17, 15) is 4.79 Å². The van der Waals surface area contributed by atoms with Gasteiger partial charge in [-0.05, 0) is 55.1 Å². The average Bonchev–Trinajstić information content (AvgIpc) is 3.15. The minimum Gasteiger partial charge on any atom is -0.383 e. The molecular formula is C20H27N3O3S. The average molecular weight is 390 g/mol. The van der Waals surface area contributed by atoms with Crippen LogP contribution in [0.2, 0.25) is 0 Å². The molecule has 0 spiro atoms. The fraction of sp³-hybridized carbons (Fsp3) is 0.500. The van der Waals surface area contributed by atoms with Crippen LogP contribution in [-0.2, 0) is 16.0 Å². The molecule has 1 fully saturated rings. The summed E-state index contributed by atoms with van der Waals surface area (Å²) in [6.07, 6.45) is 2.23. The van der Waals surface area contributed by atoms with Crippen LogP contribution < -0.4 is 10.9 Å². The van der Waals surface area contributed by atoms with Gasteiger partial charge >= 0.3 is 0 Å². The van der Waals surface area contributed by atoms with Crippen LogP contribution >= 0.6 is 12.2 Å². The number of hydrogen-bond acceptors (Lipinski definition) is 4. The molecule has 0 unspecified atom stereocenters. The van der Waals surface area contributed by atoms with Crippen LogP contribution in [0.15, 0.2) is 29.1 Å². The summed E-state index contributed by atoms with van der Waals surface area (Å²) in [5, 5.41) is 4.84. The highest BCUT2D eigenvalue weighted by molar-refractivity contribution is 7.80. The van der Waals surface area contributed by atoms with Crippen molar-refractivity contribution in [1.82, 2.24) is 15.2 Å². The Kier molecular flexibility index (Phi) is 6.82. The van der Waals surface area contributed by atoms with E-state index in [2.05, 4.69) is 10.3 Å². The van der Waals surface area contributed by atoms with Gasteiger partial charge in [-0.2, -0.15) is 0 Å². The minimum atomic E-state index is -0.0786. The first-order valence-electron chi connectivity index (χ1n) is 9.32. The molecular weight excluding hydrogens is 362 g/mol. The predicted molar refractivity (Wildman–Crippen MR) is 111 cm³/mol. The lowest BCUT2D eigenvalue weighted by Crippen LogP contribution is -2.44. The lowest BCUT2D eigenvalue weighted by Gasteiger charge is -2.28. The second-order valence-electron chi connectivity index (χ2n) is 6.95. The van der Waals surface area contributed by atoms with E-state index in [1.165, 1.54) is 0 Å². The zero-order valence-electron chi connectivity index (χ0n) is 15.9. The Bertz CT molecular complexity index is 846. The highest BCUT2D eigenvalue weighted by Gasteiger charge is 2.22. The normalized spacial score (nSPS) is 16.6. The van der Waals surface area contributed by atoms with Gasteiger partial charge in [0.1, 0.15) is 0 Å². The maximum Gasteiger partial charge on any atom is 0.253 e. The second kappa shape index (κ2) is 9.30. The maximum atomic E-state index is 12.6. The number of aryl methyl sites for hydroxylation is 1. The first-order chi connectivity index (χ1) is 13.1. The lowest BCUT2D eigenvalue weighted by molar-refractivity contribution is 0.0895. The smallest absolute Gasteiger partial charge is 0.253 e. The van der Waals surface area contributed by atoms with Crippen LogP contribution in [0, 0.1) is 6.92 Å². The zero-order valence-corrected chi connectivity index (χ0v) is 16.7. The highest BCUT2D eigenvalue weighted by atomic mass is 32.1. The van der Waals surface area contributed by atoms with E-state index in [0.717, 1.165) is 35.9 Å². The summed E-state index contributed by atoms with van der Waals surface area (Å²) in [4.78, 5) is 17.6. The number of H-pyrrole nitrogens is 1. The van der Waals surface area contributed by atoms with E-state index >= 15 is 0 Å². The number of nitrogens with one attached hydrogen (secondary N) is 2. The topological polar surface area (TPSA) is 66.6 Å². The van der Waals surface area contributed by atoms with Crippen molar-refractivity contribution in [2.75, 3.05) is 33.4 Å². The Morgan fingerprint density at radius 1 is 1.44 bits per heavy atom. The third kappa shape index (κ3) is 5.28. The fourth-order valence-corrected chi connectivity index (χ4v) is 3.55. The number of methoxy groups -OCH3 is 1. The Labute approximate surface area is 164 Å². The summed E-state index contributed by atoms with van der Waals surface area (Å²) in [5.41, 5.74) is 2.59. The van der Waals surface area contributed by atoms with Crippen LogP contribution in [0.4, 0.5) is 0 Å². The van der Waals surface area contributed by atoms with Crippen LogP contribution in [0.5, 0.6) is 0 Å². The van der Waals surface area contributed by atoms with Gasteiger partial charge in [0.25, 0.3) is 5.56 Å². The summed E-state index contributed by atoms with van der Waals surface area (Å²) < 4.78 is 10.9. The summed E-state index contributed by atoms with van der Waals surface area (Å²) in [6, 6.07) is 8.02. The Morgan fingerprint density at radius 2 is 2.30 bits per heavy atom. The largest absolute Gasteiger partial charge is 0.383 e. The molecule has 1 saturated heterocycles. The van der Waals surface area contributed by atoms with Gasteiger partial charge in [-0.15, -0.1) is 0 Å². The SMILES string of the molecule is COCCNC(=S)N(Cc1cc2ccc(C)cc2[nH]c1=O)C[C@@H]1CCCO1. The summed E-state index contributed by atoms with van der Waals surface area (Å²) in [6.45, 7) is 5.12. The minimum absolute atomic E-state index is 0.0786. The summed E-state index contributed by atoms with van der Waals surface area (Å²) in [5.74, 6) is 0. The lowest BCUT2D eigenvalue weighted by atomic mass is 10.1. The quantitative estimate of drug-likeness (QED) is 0.560. The van der Waals surface area contributed by atoms with E-state index in [0.29, 0.717) is 36.9 Å². The van der Waals surface area contributed by atoms with Crippen molar-refractivity contribution in [1.29, 1.82) is 0 Å². The van der Waals surface area contributed by atoms with Crippen molar-refractivity contribution >= 4 is 28.2 Å². The first kappa shape index (κ1) is 19.8. The van der Waals surface area contributed by atoms with Crippen molar-refractivity contribution in [2.24, 2.45) is 0 Å². The van der Waals surface area contributed by atoms with E-state index in [-0.39, 0.29) is 11.7 Å². The molecule has 1 atom stereocenters. The van der Waals surface area contributed by atoms with Crippen molar-refractivity contribution in [3.05, 3.63) is 45.7 Å². The second-order valence-corrected chi connectivity index (χ2v) is 7.34. The molecule has 7 heteroatoms. The van der Waals surface area contributed by atoms with Crippen LogP contribution in [-0.4, -0.2) is 54.5 Å². The van der Waals surface area contributed by atoms with Gasteiger partial charge in [0.2, 0.25) is 0 Å². The number of pyridine rings is 1. The molecule has 0 aliphatic carbocycles. The van der Waals surface area contributed by atoms with E-state index < -0.39 is 0 Å². The standard InChI is InChI=1S/C20H27N3O3S/c1-14-5-6-15-11-16(19(24)22-18(15)10-14)12-23(13-17-4-3-8-26-17)20(27)21-7-9-25-2/h5-6,10-11,17H,3-4,7-9,12-13H2,1-2H3,(H,21,27)(H,22,24)/t17-/m0/s1. The van der Waals surface area contributed by atoms with Gasteiger partial charge in [-0.25, -0.2) is 0 Å². The molecule has 1 aliphatic rings. The van der Waals surface area contributed by atoms with Crippen molar-refractivity contribution in [2.45, 2.75) is 32.4 Å². The maximum absolute atomic E-state index is 12.6. The van der Waals surface area contributed by atoms with E-state index in [1.807, 2.05) is 36.1 Å². The number of aromatic amines is 1. The van der Waals surface area contributed by atoms with Crippen LogP contribution in [0.1, 0.15) is 24.0 Å². The van der Waals surface area contributed by atoms with Gasteiger partial charge in [0.15, 0.2) is 5.11 Å². The molecule has 3 rings (SSSR count). The molecule has 0 bridgehead atoms. The number of nitrogens with zero attached hydrogens (tertiary/aromatic N) is 1. The van der Waals surface area contributed by atoms with Crippen molar-refractivity contribution < 1.29 is 9.47 Å². The van der Waals surface area contributed by atoms with E-state index in [1.54, 1.807) is 7.11 Å². The summed E-state index contributed by atoms with van der Waals surface area (Å²) >= 11 is 5.57. The molecule has 1 aliphatic heterocycles. The van der Waals surface area contributed by atoms with Gasteiger partial charge in [-0.3, -0.25) is 4.79 Å². The molecule has 0 saturated carbocycles. The molecule has 2 heterocycles. The number of fused-ring (bicyclic) bond motifs is 1. The number of rotatable bonds is 7. The van der Waals surface area contributed by atoms with E-state index in [4.69, 9.17) is 21.7 Å². The third-order valence-electron chi connectivity index (χ3n) is 4.76. The highest BCUT2D eigenvalue weighted by Crippen LogP contribution is 2.17. The van der Waals surface area contributed by atoms with Gasteiger partial charge < -0.3 is 24.7 Å². The van der Waals surface area contributed by atoms with Crippen LogP contribution in [0.25, 0.3) is 10.9 Å². The number of ether oxygens (including phenoxy) is 2. The monoisotopic (exact) mass is 389 g/mol. The third-order valence-corrected chi connectivity index (χ3v) is 5.16. The molecule has 1 aromatic carbocycles.